The topological polar surface area (TPSA) is 87.5 Å². The number of likely N-dealkylation sites (tertiary alicyclic amines) is 1. The molecule has 3 aliphatic rings. The molecule has 2 atom stereocenters. The molecule has 5 rings (SSSR count). The molecule has 2 aliphatic carbocycles. The van der Waals surface area contributed by atoms with E-state index in [1.165, 1.54) is 18.6 Å². The smallest absolute Gasteiger partial charge is 0.273 e. The van der Waals surface area contributed by atoms with Crippen LogP contribution in [-0.2, 0) is 4.79 Å². The molecule has 2 N–H and O–H groups in total. The number of carbonyl (C=O) groups is 2. The van der Waals surface area contributed by atoms with Crippen LogP contribution in [0.3, 0.4) is 0 Å². The summed E-state index contributed by atoms with van der Waals surface area (Å²) in [7, 11) is 0. The van der Waals surface area contributed by atoms with Gasteiger partial charge in [-0.25, -0.2) is 17.6 Å². The zero-order valence-corrected chi connectivity index (χ0v) is 21.2. The highest BCUT2D eigenvalue weighted by atomic mass is 19.3. The summed E-state index contributed by atoms with van der Waals surface area (Å²) in [6.07, 6.45) is 5.25. The van der Waals surface area contributed by atoms with Crippen molar-refractivity contribution in [1.29, 1.82) is 0 Å². The Balaban J connectivity index is 1.30. The molecule has 0 spiro atoms. The van der Waals surface area contributed by atoms with Gasteiger partial charge in [0.1, 0.15) is 11.6 Å². The summed E-state index contributed by atoms with van der Waals surface area (Å²) in [5, 5.41) is 9.42. The van der Waals surface area contributed by atoms with Crippen molar-refractivity contribution in [3.63, 3.8) is 0 Å². The number of nitrogens with zero attached hydrogens (tertiary/aromatic N) is 2. The fraction of sp³-hybridized carbons (Fsp3) is 0.593. The van der Waals surface area contributed by atoms with Crippen molar-refractivity contribution in [2.45, 2.75) is 81.8 Å². The van der Waals surface area contributed by atoms with Gasteiger partial charge in [-0.1, -0.05) is 24.4 Å². The summed E-state index contributed by atoms with van der Waals surface area (Å²) in [5.41, 5.74) is -1.13. The van der Waals surface area contributed by atoms with Crippen LogP contribution >= 0.6 is 0 Å². The highest BCUT2D eigenvalue weighted by Crippen LogP contribution is 2.45. The number of alkyl halides is 2. The molecule has 11 heteroatoms. The molecule has 38 heavy (non-hydrogen) atoms. The van der Waals surface area contributed by atoms with Crippen LogP contribution in [0.15, 0.2) is 28.8 Å². The van der Waals surface area contributed by atoms with Gasteiger partial charge >= 0.3 is 0 Å². The van der Waals surface area contributed by atoms with E-state index >= 15 is 0 Å². The van der Waals surface area contributed by atoms with Gasteiger partial charge in [-0.15, -0.1) is 0 Å². The van der Waals surface area contributed by atoms with Gasteiger partial charge in [0.05, 0.1) is 11.5 Å². The molecule has 0 bridgehead atoms. The molecule has 0 unspecified atom stereocenters. The van der Waals surface area contributed by atoms with Gasteiger partial charge in [0.15, 0.2) is 11.5 Å². The van der Waals surface area contributed by atoms with E-state index < -0.39 is 53.8 Å². The van der Waals surface area contributed by atoms with E-state index in [4.69, 9.17) is 4.52 Å². The predicted molar refractivity (Wildman–Crippen MR) is 130 cm³/mol. The molecule has 7 nitrogen and oxygen atoms in total. The average molecular weight is 537 g/mol. The fourth-order valence-corrected chi connectivity index (χ4v) is 6.20. The first kappa shape index (κ1) is 26.6. The number of nitrogens with one attached hydrogen (secondary N) is 2. The molecule has 2 aromatic rings. The standard InChI is InChI=1S/C27H32F4N4O3/c1-26(14-27(30,31)15-26)33-24(36)19-13-35(17-5-3-2-4-6-17)10-9-21(19)32-25(37)22-12-23(38-34-22)18-8-7-16(28)11-20(18)29/h7-8,11-12,17,19,21H,2-6,9-10,13-15H2,1H3,(H,32,37)(H,33,36)/t19-,21-/m1/s1. The van der Waals surface area contributed by atoms with Crippen molar-refractivity contribution in [3.05, 3.63) is 41.6 Å². The Hall–Kier alpha value is -2.95. The first-order chi connectivity index (χ1) is 18.0. The van der Waals surface area contributed by atoms with Gasteiger partial charge in [-0.3, -0.25) is 14.5 Å². The van der Waals surface area contributed by atoms with E-state index in [1.807, 2.05) is 0 Å². The van der Waals surface area contributed by atoms with Gasteiger partial charge < -0.3 is 15.2 Å². The van der Waals surface area contributed by atoms with E-state index in [9.17, 15) is 27.2 Å². The maximum atomic E-state index is 14.1. The Labute approximate surface area is 218 Å². The van der Waals surface area contributed by atoms with Crippen LogP contribution in [-0.4, -0.2) is 58.5 Å². The molecule has 2 saturated carbocycles. The van der Waals surface area contributed by atoms with E-state index in [0.29, 0.717) is 31.6 Å². The third-order valence-corrected chi connectivity index (χ3v) is 8.05. The van der Waals surface area contributed by atoms with Gasteiger partial charge in [-0.05, 0) is 38.3 Å². The summed E-state index contributed by atoms with van der Waals surface area (Å²) >= 11 is 0. The van der Waals surface area contributed by atoms with Crippen molar-refractivity contribution in [2.24, 2.45) is 5.92 Å². The number of hydrogen-bond donors (Lipinski definition) is 2. The summed E-state index contributed by atoms with van der Waals surface area (Å²) in [5.74, 6) is -6.01. The van der Waals surface area contributed by atoms with Crippen LogP contribution in [0.25, 0.3) is 11.3 Å². The number of rotatable bonds is 6. The SMILES string of the molecule is CC1(NC(=O)[C@@H]2CN(C3CCCCC3)CC[C@H]2NC(=O)c2cc(-c3ccc(F)cc3F)on2)CC(F)(F)C1. The molecule has 1 aliphatic heterocycles. The summed E-state index contributed by atoms with van der Waals surface area (Å²) in [6.45, 7) is 2.72. The van der Waals surface area contributed by atoms with Gasteiger partial charge in [0.2, 0.25) is 5.91 Å². The lowest BCUT2D eigenvalue weighted by atomic mass is 9.74. The van der Waals surface area contributed by atoms with Crippen molar-refractivity contribution >= 4 is 11.8 Å². The Morgan fingerprint density at radius 2 is 1.82 bits per heavy atom. The number of amides is 2. The Kier molecular flexibility index (Phi) is 7.23. The van der Waals surface area contributed by atoms with Gasteiger partial charge in [0, 0.05) is 55.7 Å². The van der Waals surface area contributed by atoms with Crippen LogP contribution < -0.4 is 10.6 Å². The van der Waals surface area contributed by atoms with Crippen molar-refractivity contribution in [3.8, 4) is 11.3 Å². The molecular weight excluding hydrogens is 504 g/mol. The first-order valence-electron chi connectivity index (χ1n) is 13.2. The molecule has 2 heterocycles. The second-order valence-electron chi connectivity index (χ2n) is 11.2. The lowest BCUT2D eigenvalue weighted by Crippen LogP contribution is -2.64. The number of carbonyl (C=O) groups excluding carboxylic acids is 2. The van der Waals surface area contributed by atoms with Crippen LogP contribution in [0.5, 0.6) is 0 Å². The highest BCUT2D eigenvalue weighted by molar-refractivity contribution is 5.94. The van der Waals surface area contributed by atoms with E-state index in [2.05, 4.69) is 20.7 Å². The van der Waals surface area contributed by atoms with Crippen molar-refractivity contribution in [1.82, 2.24) is 20.7 Å². The largest absolute Gasteiger partial charge is 0.355 e. The molecule has 1 aromatic carbocycles. The summed E-state index contributed by atoms with van der Waals surface area (Å²) in [6, 6.07) is 4.05. The van der Waals surface area contributed by atoms with Crippen LogP contribution in [0.2, 0.25) is 0 Å². The second-order valence-corrected chi connectivity index (χ2v) is 11.2. The Morgan fingerprint density at radius 1 is 1.08 bits per heavy atom. The van der Waals surface area contributed by atoms with Gasteiger partial charge in [0.25, 0.3) is 11.8 Å². The monoisotopic (exact) mass is 536 g/mol. The third kappa shape index (κ3) is 5.72. The maximum Gasteiger partial charge on any atom is 0.273 e. The van der Waals surface area contributed by atoms with Crippen LogP contribution in [0, 0.1) is 17.6 Å². The molecule has 2 amide bonds. The second kappa shape index (κ2) is 10.3. The van der Waals surface area contributed by atoms with E-state index in [0.717, 1.165) is 31.7 Å². The predicted octanol–water partition coefficient (Wildman–Crippen LogP) is 4.68. The molecule has 3 fully saturated rings. The lowest BCUT2D eigenvalue weighted by molar-refractivity contribution is -0.148. The number of hydrogen-bond acceptors (Lipinski definition) is 5. The minimum atomic E-state index is -2.79. The molecule has 206 valence electrons. The minimum absolute atomic E-state index is 0.0344. The quantitative estimate of drug-likeness (QED) is 0.524. The van der Waals surface area contributed by atoms with Crippen LogP contribution in [0.1, 0.15) is 68.8 Å². The van der Waals surface area contributed by atoms with E-state index in [-0.39, 0.29) is 22.9 Å². The summed E-state index contributed by atoms with van der Waals surface area (Å²) in [4.78, 5) is 28.7. The maximum absolute atomic E-state index is 14.1. The van der Waals surface area contributed by atoms with Crippen molar-refractivity contribution in [2.75, 3.05) is 13.1 Å². The highest BCUT2D eigenvalue weighted by Gasteiger charge is 2.55. The first-order valence-corrected chi connectivity index (χ1v) is 13.2. The molecule has 1 saturated heterocycles. The van der Waals surface area contributed by atoms with Crippen LogP contribution in [0.4, 0.5) is 17.6 Å². The zero-order chi connectivity index (χ0) is 27.1. The zero-order valence-electron chi connectivity index (χ0n) is 21.2. The van der Waals surface area contributed by atoms with E-state index in [1.54, 1.807) is 6.92 Å². The number of benzene rings is 1. The minimum Gasteiger partial charge on any atom is -0.355 e. The molecule has 1 aromatic heterocycles. The normalized spacial score (nSPS) is 25.4. The number of piperidine rings is 1. The third-order valence-electron chi connectivity index (χ3n) is 8.05. The van der Waals surface area contributed by atoms with Gasteiger partial charge in [-0.2, -0.15) is 0 Å². The Morgan fingerprint density at radius 3 is 2.50 bits per heavy atom. The molecule has 0 radical (unpaired) electrons. The average Bonchev–Trinajstić information content (AvgIpc) is 3.33. The summed E-state index contributed by atoms with van der Waals surface area (Å²) < 4.78 is 59.6. The lowest BCUT2D eigenvalue weighted by Gasteiger charge is -2.48. The Bertz CT molecular complexity index is 1190. The molecular formula is C27H32F4N4O3. The fourth-order valence-electron chi connectivity index (χ4n) is 6.20. The van der Waals surface area contributed by atoms with Crippen molar-refractivity contribution < 1.29 is 31.7 Å². The number of aromatic nitrogens is 1. The number of halogens is 4.